The maximum Gasteiger partial charge on any atom is 0.308 e. The van der Waals surface area contributed by atoms with Gasteiger partial charge < -0.3 is 14.1 Å². The molecule has 1 aliphatic heterocycles. The molecule has 0 unspecified atom stereocenters. The number of carbonyl (C=O) groups excluding carboxylic acids is 1. The number of carbonyl (C=O) groups is 1. The predicted octanol–water partition coefficient (Wildman–Crippen LogP) is 3.34. The molecule has 0 N–H and O–H groups in total. The Kier molecular flexibility index (Phi) is 3.95. The zero-order valence-corrected chi connectivity index (χ0v) is 12.1. The van der Waals surface area contributed by atoms with E-state index in [0.717, 1.165) is 37.3 Å². The largest absolute Gasteiger partial charge is 0.469 e. The summed E-state index contributed by atoms with van der Waals surface area (Å²) in [4.78, 5) is 13.8. The molecule has 1 aliphatic rings. The lowest BCUT2D eigenvalue weighted by molar-refractivity contribution is -0.146. The lowest BCUT2D eigenvalue weighted by Gasteiger charge is -2.32. The third-order valence-corrected chi connectivity index (χ3v) is 4.07. The molecular formula is C17H19NO3. The van der Waals surface area contributed by atoms with Crippen LogP contribution in [0.4, 0.5) is 5.69 Å². The van der Waals surface area contributed by atoms with Crippen molar-refractivity contribution in [3.63, 3.8) is 0 Å². The second kappa shape index (κ2) is 6.04. The van der Waals surface area contributed by atoms with Gasteiger partial charge in [-0.25, -0.2) is 0 Å². The molecule has 1 fully saturated rings. The number of ether oxygens (including phenoxy) is 1. The van der Waals surface area contributed by atoms with E-state index in [1.807, 2.05) is 12.1 Å². The van der Waals surface area contributed by atoms with Crippen molar-refractivity contribution < 1.29 is 13.9 Å². The monoisotopic (exact) mass is 285 g/mol. The number of nitrogens with zero attached hydrogens (tertiary/aromatic N) is 1. The summed E-state index contributed by atoms with van der Waals surface area (Å²) in [6.45, 7) is 1.78. The lowest BCUT2D eigenvalue weighted by Crippen LogP contribution is -2.36. The van der Waals surface area contributed by atoms with Crippen molar-refractivity contribution in [2.45, 2.75) is 12.8 Å². The molecule has 2 aromatic rings. The summed E-state index contributed by atoms with van der Waals surface area (Å²) in [5, 5.41) is 0. The van der Waals surface area contributed by atoms with Crippen molar-refractivity contribution in [3.8, 4) is 11.3 Å². The molecule has 0 atom stereocenters. The minimum Gasteiger partial charge on any atom is -0.469 e. The molecule has 0 aliphatic carbocycles. The SMILES string of the molecule is COC(=O)C1CCN(c2ccc(-c3ccco3)cc2)CC1. The van der Waals surface area contributed by atoms with E-state index in [1.54, 1.807) is 6.26 Å². The smallest absolute Gasteiger partial charge is 0.308 e. The molecule has 2 heterocycles. The van der Waals surface area contributed by atoms with Crippen molar-refractivity contribution in [1.29, 1.82) is 0 Å². The highest BCUT2D eigenvalue weighted by Gasteiger charge is 2.25. The highest BCUT2D eigenvalue weighted by Crippen LogP contribution is 2.27. The summed E-state index contributed by atoms with van der Waals surface area (Å²) in [6, 6.07) is 12.2. The average Bonchev–Trinajstić information content (AvgIpc) is 3.09. The van der Waals surface area contributed by atoms with E-state index in [1.165, 1.54) is 12.8 Å². The van der Waals surface area contributed by atoms with Gasteiger partial charge >= 0.3 is 5.97 Å². The van der Waals surface area contributed by atoms with E-state index in [2.05, 4.69) is 29.2 Å². The number of anilines is 1. The molecule has 1 aromatic heterocycles. The minimum atomic E-state index is -0.0807. The first-order valence-electron chi connectivity index (χ1n) is 7.24. The predicted molar refractivity (Wildman–Crippen MR) is 81.1 cm³/mol. The van der Waals surface area contributed by atoms with Crippen LogP contribution < -0.4 is 4.90 Å². The number of esters is 1. The molecule has 4 nitrogen and oxygen atoms in total. The van der Waals surface area contributed by atoms with Gasteiger partial charge in [-0.1, -0.05) is 0 Å². The fourth-order valence-corrected chi connectivity index (χ4v) is 2.82. The Labute approximate surface area is 124 Å². The maximum absolute atomic E-state index is 11.5. The number of piperidine rings is 1. The molecule has 0 bridgehead atoms. The van der Waals surface area contributed by atoms with E-state index < -0.39 is 0 Å². The van der Waals surface area contributed by atoms with E-state index in [4.69, 9.17) is 9.15 Å². The molecular weight excluding hydrogens is 266 g/mol. The fraction of sp³-hybridized carbons (Fsp3) is 0.353. The minimum absolute atomic E-state index is 0.0497. The van der Waals surface area contributed by atoms with Crippen LogP contribution in [0.3, 0.4) is 0 Å². The molecule has 3 rings (SSSR count). The van der Waals surface area contributed by atoms with Gasteiger partial charge in [-0.2, -0.15) is 0 Å². The van der Waals surface area contributed by atoms with Crippen molar-refractivity contribution in [2.24, 2.45) is 5.92 Å². The molecule has 0 spiro atoms. The second-order valence-electron chi connectivity index (χ2n) is 5.31. The number of benzene rings is 1. The molecule has 21 heavy (non-hydrogen) atoms. The number of hydrogen-bond donors (Lipinski definition) is 0. The Bertz CT molecular complexity index is 581. The molecule has 1 aromatic carbocycles. The standard InChI is InChI=1S/C17H19NO3/c1-20-17(19)14-8-10-18(11-9-14)15-6-4-13(5-7-15)16-3-2-12-21-16/h2-7,12,14H,8-11H2,1H3. The van der Waals surface area contributed by atoms with Gasteiger partial charge in [0.05, 0.1) is 19.3 Å². The summed E-state index contributed by atoms with van der Waals surface area (Å²) >= 11 is 0. The summed E-state index contributed by atoms with van der Waals surface area (Å²) in [5.41, 5.74) is 2.27. The molecule has 4 heteroatoms. The number of hydrogen-bond acceptors (Lipinski definition) is 4. The Morgan fingerprint density at radius 1 is 1.19 bits per heavy atom. The first-order chi connectivity index (χ1) is 10.3. The maximum atomic E-state index is 11.5. The summed E-state index contributed by atoms with van der Waals surface area (Å²) < 4.78 is 10.2. The molecule has 0 amide bonds. The van der Waals surface area contributed by atoms with Crippen LogP contribution in [0.25, 0.3) is 11.3 Å². The van der Waals surface area contributed by atoms with Crippen LogP contribution in [-0.4, -0.2) is 26.2 Å². The Hall–Kier alpha value is -2.23. The Morgan fingerprint density at radius 2 is 1.90 bits per heavy atom. The Morgan fingerprint density at radius 3 is 2.48 bits per heavy atom. The highest BCUT2D eigenvalue weighted by atomic mass is 16.5. The Balaban J connectivity index is 1.65. The second-order valence-corrected chi connectivity index (χ2v) is 5.31. The van der Waals surface area contributed by atoms with Crippen LogP contribution in [0, 0.1) is 5.92 Å². The van der Waals surface area contributed by atoms with E-state index >= 15 is 0 Å². The van der Waals surface area contributed by atoms with Gasteiger partial charge in [0, 0.05) is 24.3 Å². The zero-order chi connectivity index (χ0) is 14.7. The normalized spacial score (nSPS) is 16.0. The zero-order valence-electron chi connectivity index (χ0n) is 12.1. The van der Waals surface area contributed by atoms with Gasteiger partial charge in [0.15, 0.2) is 0 Å². The molecule has 0 saturated carbocycles. The summed E-state index contributed by atoms with van der Waals surface area (Å²) in [7, 11) is 1.46. The number of methoxy groups -OCH3 is 1. The summed E-state index contributed by atoms with van der Waals surface area (Å²) in [6.07, 6.45) is 3.39. The van der Waals surface area contributed by atoms with Gasteiger partial charge in [-0.05, 0) is 49.2 Å². The number of furan rings is 1. The third-order valence-electron chi connectivity index (χ3n) is 4.07. The quantitative estimate of drug-likeness (QED) is 0.811. The van der Waals surface area contributed by atoms with E-state index in [0.29, 0.717) is 0 Å². The van der Waals surface area contributed by atoms with Gasteiger partial charge in [0.25, 0.3) is 0 Å². The van der Waals surface area contributed by atoms with Crippen LogP contribution in [0.5, 0.6) is 0 Å². The van der Waals surface area contributed by atoms with Crippen LogP contribution in [0.2, 0.25) is 0 Å². The first kappa shape index (κ1) is 13.7. The lowest BCUT2D eigenvalue weighted by atomic mass is 9.96. The van der Waals surface area contributed by atoms with Gasteiger partial charge in [0.1, 0.15) is 5.76 Å². The van der Waals surface area contributed by atoms with Gasteiger partial charge in [-0.15, -0.1) is 0 Å². The first-order valence-corrected chi connectivity index (χ1v) is 7.24. The molecule has 0 radical (unpaired) electrons. The number of rotatable bonds is 3. The molecule has 110 valence electrons. The van der Waals surface area contributed by atoms with E-state index in [9.17, 15) is 4.79 Å². The van der Waals surface area contributed by atoms with Crippen molar-refractivity contribution in [2.75, 3.05) is 25.1 Å². The third kappa shape index (κ3) is 2.94. The van der Waals surface area contributed by atoms with Crippen LogP contribution in [0.1, 0.15) is 12.8 Å². The molecule has 1 saturated heterocycles. The van der Waals surface area contributed by atoms with Crippen molar-refractivity contribution in [3.05, 3.63) is 42.7 Å². The van der Waals surface area contributed by atoms with Gasteiger partial charge in [0.2, 0.25) is 0 Å². The van der Waals surface area contributed by atoms with E-state index in [-0.39, 0.29) is 11.9 Å². The van der Waals surface area contributed by atoms with Gasteiger partial charge in [-0.3, -0.25) is 4.79 Å². The van der Waals surface area contributed by atoms with Crippen LogP contribution in [-0.2, 0) is 9.53 Å². The topological polar surface area (TPSA) is 42.7 Å². The van der Waals surface area contributed by atoms with Crippen LogP contribution in [0.15, 0.2) is 47.1 Å². The fourth-order valence-electron chi connectivity index (χ4n) is 2.82. The summed E-state index contributed by atoms with van der Waals surface area (Å²) in [5.74, 6) is 0.849. The van der Waals surface area contributed by atoms with Crippen molar-refractivity contribution in [1.82, 2.24) is 0 Å². The van der Waals surface area contributed by atoms with Crippen LogP contribution >= 0.6 is 0 Å². The average molecular weight is 285 g/mol. The highest BCUT2D eigenvalue weighted by molar-refractivity contribution is 5.72. The van der Waals surface area contributed by atoms with Crippen molar-refractivity contribution >= 4 is 11.7 Å².